The molecule has 0 saturated carbocycles. The van der Waals surface area contributed by atoms with Gasteiger partial charge < -0.3 is 68.9 Å². The van der Waals surface area contributed by atoms with Crippen LogP contribution in [0, 0.1) is 223 Å². The van der Waals surface area contributed by atoms with E-state index in [1.807, 2.05) is 108 Å². The molecule has 11 aromatic carbocycles. The Morgan fingerprint density at radius 2 is 0.436 bits per heavy atom. The second-order valence-corrected chi connectivity index (χ2v) is 60.0. The summed E-state index contributed by atoms with van der Waals surface area (Å²) in [6, 6.07) is 65.0. The SMILES string of the molecule is CC(C)=C[CH]=[Ru]([Cl])[Cl].CC(C)=C[CH]=[Ru]([Cl])[Cl].Cc1cc(C)c(N2[CH-]N(c3c(C)cc(C)cc3C)CC2)c(C)c1.Cc1cc(C)c(N2[CH-]N(c3c(C)cc(C)cc3C)CC2)c(C)c1.Cc1cc(C)c(N2[CH-]N(c3c(C)cc(C)cc3C)CC2)c(C)c1.Cc1cc(C)c(N2[CH-]N(c3c(C)cc(C)cc3C)CC2)c(C)c1.[CH3-].[CH3-].[CH3-].[CH3-].[Cl][Ru]([Cl])=[CH]c1ccccc1.[Cl][Ru]([Cl])=[C]1C=C(c2ccccc2)c2ccccc21. The minimum absolute atomic E-state index is 0. The van der Waals surface area contributed by atoms with E-state index in [0.29, 0.717) is 0 Å². The fraction of sp³-hybridized carbons (Fsp3) is 0.300. The molecule has 11 aromatic rings. The standard InChI is InChI=1S/4C21H27N2.C15H10.C7H6.2C5H8.4CH3.8ClH.4Ru/c4*1-14-9-16(3)20(17(4)10-14)22-7-8-23(13-22)21-18(5)11-15(2)12-19(21)6;1-2-6-12(7-3-1)15-11-10-13-8-4-5-9-14(13)15;1-7-5-3-2-4-6-7;2*1-4-5(2)3;;;;;;;;;;;;;;;;/h4*9-13H,7-8H2,1-6H3;1-9,11H;1-6H;2*1,4H,2-3H3;4*1H3;8*1H;;;;/q4*-1;;;;;4*-1;;;;;;;;;4*+2/p-8. The van der Waals surface area contributed by atoms with Crippen LogP contribution in [0.4, 0.5) is 45.5 Å². The predicted octanol–water partition coefficient (Wildman–Crippen LogP) is 34.4. The van der Waals surface area contributed by atoms with Gasteiger partial charge >= 0.3 is 319 Å². The quantitative estimate of drug-likeness (QED) is 0.0882. The van der Waals surface area contributed by atoms with Gasteiger partial charge in [-0.2, -0.15) is 26.7 Å². The van der Waals surface area contributed by atoms with Crippen LogP contribution in [0.2, 0.25) is 0 Å². The van der Waals surface area contributed by atoms with Crippen molar-refractivity contribution < 1.29 is 54.1 Å². The van der Waals surface area contributed by atoms with Gasteiger partial charge in [0.1, 0.15) is 0 Å². The summed E-state index contributed by atoms with van der Waals surface area (Å²) in [6.45, 7) is 78.3. The van der Waals surface area contributed by atoms with Crippen LogP contribution in [0.3, 0.4) is 0 Å². The molecule has 0 N–H and O–H groups in total. The van der Waals surface area contributed by atoms with Gasteiger partial charge in [0.15, 0.2) is 0 Å². The summed E-state index contributed by atoms with van der Waals surface area (Å²) in [7, 11) is 45.8. The molecular formula is C120H152Cl8N8Ru4-8. The number of benzene rings is 11. The summed E-state index contributed by atoms with van der Waals surface area (Å²) in [4.78, 5) is 19.2. The van der Waals surface area contributed by atoms with Crippen LogP contribution < -0.4 is 39.2 Å². The number of allylic oxidation sites excluding steroid dienone is 5. The van der Waals surface area contributed by atoms with Crippen molar-refractivity contribution >= 4 is 147 Å². The van der Waals surface area contributed by atoms with Gasteiger partial charge in [-0.25, -0.2) is 0 Å². The average molecular weight is 2390 g/mol. The molecule has 768 valence electrons. The van der Waals surface area contributed by atoms with Gasteiger partial charge in [0.2, 0.25) is 0 Å². The molecule has 0 aromatic heterocycles. The fourth-order valence-electron chi connectivity index (χ4n) is 19.5. The van der Waals surface area contributed by atoms with Crippen molar-refractivity contribution in [2.45, 2.75) is 194 Å². The molecule has 4 aliphatic heterocycles. The third-order valence-electron chi connectivity index (χ3n) is 23.7. The molecule has 16 rings (SSSR count). The molecule has 0 amide bonds. The molecule has 0 spiro atoms. The third-order valence-corrected chi connectivity index (χ3v) is 32.3. The molecule has 0 atom stereocenters. The summed E-state index contributed by atoms with van der Waals surface area (Å²) < 4.78 is 6.80. The molecule has 0 unspecified atom stereocenters. The van der Waals surface area contributed by atoms with E-state index in [1.165, 1.54) is 212 Å². The summed E-state index contributed by atoms with van der Waals surface area (Å²) >= 11 is -6.53. The Kier molecular flexibility index (Phi) is 51.8. The Bertz CT molecular complexity index is 5230. The van der Waals surface area contributed by atoms with E-state index < -0.39 is 54.1 Å². The topological polar surface area (TPSA) is 25.9 Å². The minimum atomic E-state index is -1.88. The molecule has 20 heteroatoms. The average Bonchev–Trinajstić information content (AvgIpc) is 1.64. The molecule has 0 bridgehead atoms. The van der Waals surface area contributed by atoms with E-state index in [0.717, 1.165) is 62.0 Å². The van der Waals surface area contributed by atoms with Crippen molar-refractivity contribution in [1.29, 1.82) is 0 Å². The van der Waals surface area contributed by atoms with Gasteiger partial charge in [0.05, 0.1) is 0 Å². The molecule has 140 heavy (non-hydrogen) atoms. The predicted molar refractivity (Wildman–Crippen MR) is 620 cm³/mol. The first-order chi connectivity index (χ1) is 64.3. The number of hydrogen-bond acceptors (Lipinski definition) is 8. The molecule has 5 aliphatic rings. The van der Waals surface area contributed by atoms with E-state index >= 15 is 0 Å². The Balaban J connectivity index is 0.000000288. The van der Waals surface area contributed by atoms with Crippen molar-refractivity contribution in [3.05, 3.63) is 424 Å². The van der Waals surface area contributed by atoms with Crippen molar-refractivity contribution in [3.63, 3.8) is 0 Å². The number of aryl methyl sites for hydroxylation is 24. The van der Waals surface area contributed by atoms with Gasteiger partial charge in [-0.3, -0.25) is 0 Å². The maximum absolute atomic E-state index is 6.19. The van der Waals surface area contributed by atoms with Crippen LogP contribution in [-0.2, 0) is 54.1 Å². The number of nitrogens with zero attached hydrogens (tertiary/aromatic N) is 8. The number of fused-ring (bicyclic) bond motifs is 1. The number of rotatable bonds is 12. The van der Waals surface area contributed by atoms with Gasteiger partial charge in [0.25, 0.3) is 0 Å². The Hall–Kier alpha value is -6.67. The number of hydrogen-bond donors (Lipinski definition) is 0. The normalized spacial score (nSPS) is 13.4. The fourth-order valence-corrected chi connectivity index (χ4v) is 26.4. The zero-order chi connectivity index (χ0) is 100.0. The summed E-state index contributed by atoms with van der Waals surface area (Å²) in [6.07, 6.45) is 6.07. The first-order valence-corrected chi connectivity index (χ1v) is 67.8. The third kappa shape index (κ3) is 35.6. The first kappa shape index (κ1) is 124. The van der Waals surface area contributed by atoms with E-state index in [9.17, 15) is 0 Å². The van der Waals surface area contributed by atoms with Crippen molar-refractivity contribution in [2.24, 2.45) is 0 Å². The number of halogens is 8. The Morgan fingerprint density at radius 1 is 0.250 bits per heavy atom. The van der Waals surface area contributed by atoms with Gasteiger partial charge in [-0.15, -0.1) is 0 Å². The molecule has 8 nitrogen and oxygen atoms in total. The monoisotopic (exact) mass is 2390 g/mol. The van der Waals surface area contributed by atoms with Crippen LogP contribution in [0.5, 0.6) is 0 Å². The first-order valence-electron chi connectivity index (χ1n) is 46.0. The van der Waals surface area contributed by atoms with E-state index in [-0.39, 0.29) is 29.7 Å². The Labute approximate surface area is 900 Å². The Morgan fingerprint density at radius 3 is 0.607 bits per heavy atom. The van der Waals surface area contributed by atoms with Crippen LogP contribution in [0.25, 0.3) is 5.57 Å². The van der Waals surface area contributed by atoms with Crippen molar-refractivity contribution in [2.75, 3.05) is 91.6 Å². The van der Waals surface area contributed by atoms with E-state index in [2.05, 4.69) is 366 Å². The molecule has 4 saturated heterocycles. The second kappa shape index (κ2) is 58.6. The summed E-state index contributed by atoms with van der Waals surface area (Å²) in [5.74, 6) is 0. The number of anilines is 8. The van der Waals surface area contributed by atoms with Crippen molar-refractivity contribution in [3.8, 4) is 0 Å². The molecule has 0 radical (unpaired) electrons. The van der Waals surface area contributed by atoms with Gasteiger partial charge in [-0.05, 0) is 255 Å². The van der Waals surface area contributed by atoms with Crippen LogP contribution >= 0.6 is 77.5 Å². The van der Waals surface area contributed by atoms with Gasteiger partial charge in [-0.1, -0.05) is 142 Å². The summed E-state index contributed by atoms with van der Waals surface area (Å²) in [5.41, 5.74) is 51.8. The zero-order valence-corrected chi connectivity index (χ0v) is 102. The second-order valence-electron chi connectivity index (χ2n) is 36.8. The van der Waals surface area contributed by atoms with Crippen LogP contribution in [0.15, 0.2) is 211 Å². The van der Waals surface area contributed by atoms with Gasteiger partial charge in [0, 0.05) is 97.9 Å². The maximum atomic E-state index is 6.19. The van der Waals surface area contributed by atoms with Crippen LogP contribution in [0.1, 0.15) is 183 Å². The van der Waals surface area contributed by atoms with E-state index in [4.69, 9.17) is 77.5 Å². The van der Waals surface area contributed by atoms with E-state index in [1.54, 1.807) is 0 Å². The molecule has 1 aliphatic carbocycles. The molecule has 4 fully saturated rings. The summed E-state index contributed by atoms with van der Waals surface area (Å²) in [5, 5.41) is 0. The zero-order valence-electron chi connectivity index (χ0n) is 88.8. The molecular weight excluding hydrogens is 2240 g/mol. The molecule has 4 heterocycles. The van der Waals surface area contributed by atoms with Crippen LogP contribution in [-0.4, -0.2) is 70.3 Å². The van der Waals surface area contributed by atoms with Crippen molar-refractivity contribution in [1.82, 2.24) is 0 Å².